The lowest BCUT2D eigenvalue weighted by Crippen LogP contribution is -2.37. The maximum absolute atomic E-state index is 15.0. The second-order valence-corrected chi connectivity index (χ2v) is 9.85. The Kier molecular flexibility index (Phi) is 5.32. The maximum atomic E-state index is 15.0. The zero-order valence-electron chi connectivity index (χ0n) is 19.4. The predicted octanol–water partition coefficient (Wildman–Crippen LogP) is 4.77. The Morgan fingerprint density at radius 2 is 1.94 bits per heavy atom. The first-order chi connectivity index (χ1) is 16.8. The number of benzene rings is 1. The van der Waals surface area contributed by atoms with E-state index in [4.69, 9.17) is 16.3 Å². The highest BCUT2D eigenvalue weighted by Crippen LogP contribution is 2.42. The monoisotopic (exact) mass is 494 g/mol. The Balaban J connectivity index is 1.45. The number of ether oxygens (including phenoxy) is 1. The van der Waals surface area contributed by atoms with Crippen molar-refractivity contribution in [3.63, 3.8) is 0 Å². The van der Waals surface area contributed by atoms with Gasteiger partial charge in [0.2, 0.25) is 0 Å². The van der Waals surface area contributed by atoms with Gasteiger partial charge in [-0.1, -0.05) is 11.6 Å². The summed E-state index contributed by atoms with van der Waals surface area (Å²) in [5.41, 5.74) is 2.08. The molecule has 0 radical (unpaired) electrons. The van der Waals surface area contributed by atoms with Gasteiger partial charge in [-0.2, -0.15) is 5.10 Å². The minimum atomic E-state index is -1.39. The highest BCUT2D eigenvalue weighted by molar-refractivity contribution is 6.30. The highest BCUT2D eigenvalue weighted by Gasteiger charge is 2.41. The number of aliphatic hydroxyl groups is 1. The molecule has 1 unspecified atom stereocenters. The van der Waals surface area contributed by atoms with E-state index < -0.39 is 11.4 Å². The van der Waals surface area contributed by atoms with Crippen LogP contribution in [0.4, 0.5) is 4.39 Å². The predicted molar refractivity (Wildman–Crippen MR) is 127 cm³/mol. The smallest absolute Gasteiger partial charge is 0.182 e. The van der Waals surface area contributed by atoms with Crippen LogP contribution in [0.25, 0.3) is 22.4 Å². The molecule has 2 fully saturated rings. The van der Waals surface area contributed by atoms with Crippen molar-refractivity contribution in [2.45, 2.75) is 57.3 Å². The van der Waals surface area contributed by atoms with Crippen molar-refractivity contribution < 1.29 is 14.2 Å². The van der Waals surface area contributed by atoms with E-state index in [1.54, 1.807) is 18.3 Å². The van der Waals surface area contributed by atoms with Gasteiger partial charge in [-0.05, 0) is 44.9 Å². The van der Waals surface area contributed by atoms with Gasteiger partial charge in [0, 0.05) is 35.2 Å². The standard InChI is InChI=1S/C25H24ClFN6O2/c1-13-14(2)30-23-22(29-13)21(18-6-3-16(26)9-19(18)27)31-24(32-23)25(34)7-8-35-20(10-25)15-11-28-33(12-15)17-4-5-17/h3,6,9,11-12,17,20,34H,4-5,7-8,10H2,1-2H3/t20?,25-/m0/s1. The van der Waals surface area contributed by atoms with Gasteiger partial charge in [-0.15, -0.1) is 0 Å². The van der Waals surface area contributed by atoms with E-state index in [1.165, 1.54) is 6.07 Å². The SMILES string of the molecule is Cc1nc2nc([C@]3(O)CCOC(c4cnn(C5CC5)c4)C3)nc(-c3ccc(Cl)cc3F)c2nc1C. The van der Waals surface area contributed by atoms with E-state index >= 15 is 0 Å². The molecule has 6 rings (SSSR count). The molecule has 2 aliphatic rings. The van der Waals surface area contributed by atoms with Gasteiger partial charge < -0.3 is 9.84 Å². The number of fused-ring (bicyclic) bond motifs is 1. The van der Waals surface area contributed by atoms with Crippen LogP contribution < -0.4 is 0 Å². The topological polar surface area (TPSA) is 98.8 Å². The normalized spacial score (nSPS) is 22.6. The fourth-order valence-corrected chi connectivity index (χ4v) is 4.66. The minimum absolute atomic E-state index is 0.176. The summed E-state index contributed by atoms with van der Waals surface area (Å²) in [6.07, 6.45) is 6.23. The van der Waals surface area contributed by atoms with Crippen LogP contribution in [0.5, 0.6) is 0 Å². The molecule has 35 heavy (non-hydrogen) atoms. The van der Waals surface area contributed by atoms with Crippen LogP contribution in [-0.2, 0) is 10.3 Å². The van der Waals surface area contributed by atoms with Gasteiger partial charge in [0.05, 0.1) is 36.3 Å². The molecule has 1 aromatic carbocycles. The second-order valence-electron chi connectivity index (χ2n) is 9.42. The lowest BCUT2D eigenvalue weighted by Gasteiger charge is -2.35. The van der Waals surface area contributed by atoms with Crippen LogP contribution in [0.2, 0.25) is 5.02 Å². The lowest BCUT2D eigenvalue weighted by molar-refractivity contribution is -0.114. The van der Waals surface area contributed by atoms with E-state index in [-0.39, 0.29) is 34.6 Å². The first-order valence-corrected chi connectivity index (χ1v) is 12.1. The van der Waals surface area contributed by atoms with Crippen molar-refractivity contribution in [2.75, 3.05) is 6.61 Å². The summed E-state index contributed by atoms with van der Waals surface area (Å²) < 4.78 is 22.9. The zero-order valence-corrected chi connectivity index (χ0v) is 20.1. The van der Waals surface area contributed by atoms with Crippen molar-refractivity contribution in [2.24, 2.45) is 0 Å². The van der Waals surface area contributed by atoms with E-state index in [1.807, 2.05) is 24.7 Å². The summed E-state index contributed by atoms with van der Waals surface area (Å²) >= 11 is 5.98. The average molecular weight is 495 g/mol. The summed E-state index contributed by atoms with van der Waals surface area (Å²) in [5.74, 6) is -0.359. The molecule has 1 aliphatic carbocycles. The number of nitrogens with zero attached hydrogens (tertiary/aromatic N) is 6. The molecule has 4 heterocycles. The molecule has 1 N–H and O–H groups in total. The molecule has 1 aliphatic heterocycles. The molecule has 0 spiro atoms. The van der Waals surface area contributed by atoms with E-state index in [2.05, 4.69) is 25.0 Å². The Bertz CT molecular complexity index is 1460. The Morgan fingerprint density at radius 3 is 2.71 bits per heavy atom. The first-order valence-electron chi connectivity index (χ1n) is 11.7. The van der Waals surface area contributed by atoms with Crippen molar-refractivity contribution in [3.8, 4) is 11.3 Å². The van der Waals surface area contributed by atoms with Crippen molar-refractivity contribution >= 4 is 22.8 Å². The summed E-state index contributed by atoms with van der Waals surface area (Å²) in [5, 5.41) is 16.5. The number of hydrogen-bond acceptors (Lipinski definition) is 7. The molecule has 1 saturated heterocycles. The fraction of sp³-hybridized carbons (Fsp3) is 0.400. The third kappa shape index (κ3) is 4.07. The summed E-state index contributed by atoms with van der Waals surface area (Å²) in [7, 11) is 0. The fourth-order valence-electron chi connectivity index (χ4n) is 4.50. The average Bonchev–Trinajstić information content (AvgIpc) is 3.56. The Labute approximate surface area is 206 Å². The van der Waals surface area contributed by atoms with Gasteiger partial charge in [-0.3, -0.25) is 4.68 Å². The summed E-state index contributed by atoms with van der Waals surface area (Å²) in [6, 6.07) is 4.84. The molecule has 180 valence electrons. The molecule has 0 amide bonds. The minimum Gasteiger partial charge on any atom is -0.382 e. The molecule has 3 aromatic heterocycles. The van der Waals surface area contributed by atoms with Crippen LogP contribution in [0, 0.1) is 19.7 Å². The van der Waals surface area contributed by atoms with Crippen LogP contribution in [0.1, 0.15) is 60.6 Å². The highest BCUT2D eigenvalue weighted by atomic mass is 35.5. The van der Waals surface area contributed by atoms with Gasteiger partial charge in [0.15, 0.2) is 11.5 Å². The zero-order chi connectivity index (χ0) is 24.3. The molecular weight excluding hydrogens is 471 g/mol. The number of hydrogen-bond donors (Lipinski definition) is 1. The van der Waals surface area contributed by atoms with E-state index in [9.17, 15) is 9.50 Å². The number of rotatable bonds is 4. The summed E-state index contributed by atoms with van der Waals surface area (Å²) in [6.45, 7) is 3.99. The van der Waals surface area contributed by atoms with Gasteiger partial charge in [-0.25, -0.2) is 24.3 Å². The van der Waals surface area contributed by atoms with Gasteiger partial charge >= 0.3 is 0 Å². The quantitative estimate of drug-likeness (QED) is 0.436. The maximum Gasteiger partial charge on any atom is 0.182 e. The molecular formula is C25H24ClFN6O2. The molecule has 2 atom stereocenters. The third-order valence-electron chi connectivity index (χ3n) is 6.82. The first kappa shape index (κ1) is 22.5. The second kappa shape index (κ2) is 8.29. The Hall–Kier alpha value is -3.01. The van der Waals surface area contributed by atoms with Crippen LogP contribution in [-0.4, -0.2) is 41.4 Å². The number of aryl methyl sites for hydroxylation is 2. The Morgan fingerprint density at radius 1 is 1.14 bits per heavy atom. The number of aromatic nitrogens is 6. The van der Waals surface area contributed by atoms with Crippen molar-refractivity contribution in [1.82, 2.24) is 29.7 Å². The van der Waals surface area contributed by atoms with Gasteiger partial charge in [0.1, 0.15) is 22.6 Å². The number of halogens is 2. The molecule has 1 saturated carbocycles. The van der Waals surface area contributed by atoms with Crippen LogP contribution >= 0.6 is 11.6 Å². The van der Waals surface area contributed by atoms with E-state index in [0.717, 1.165) is 18.4 Å². The van der Waals surface area contributed by atoms with Gasteiger partial charge in [0.25, 0.3) is 0 Å². The van der Waals surface area contributed by atoms with E-state index in [0.29, 0.717) is 41.6 Å². The molecule has 4 aromatic rings. The van der Waals surface area contributed by atoms with Crippen LogP contribution in [0.15, 0.2) is 30.6 Å². The molecule has 0 bridgehead atoms. The van der Waals surface area contributed by atoms with Crippen molar-refractivity contribution in [1.29, 1.82) is 0 Å². The molecule has 8 nitrogen and oxygen atoms in total. The van der Waals surface area contributed by atoms with Crippen molar-refractivity contribution in [3.05, 3.63) is 64.2 Å². The third-order valence-corrected chi connectivity index (χ3v) is 7.05. The van der Waals surface area contributed by atoms with Crippen LogP contribution in [0.3, 0.4) is 0 Å². The largest absolute Gasteiger partial charge is 0.382 e. The lowest BCUT2D eigenvalue weighted by atomic mass is 9.87. The summed E-state index contributed by atoms with van der Waals surface area (Å²) in [4.78, 5) is 18.5. The molecule has 10 heteroatoms.